The van der Waals surface area contributed by atoms with Crippen molar-refractivity contribution in [2.75, 3.05) is 19.8 Å². The van der Waals surface area contributed by atoms with E-state index in [1.165, 1.54) is 186 Å². The molecule has 2 rings (SSSR count). The van der Waals surface area contributed by atoms with E-state index in [1.54, 1.807) is 0 Å². The van der Waals surface area contributed by atoms with Crippen molar-refractivity contribution in [2.24, 2.45) is 0 Å². The Kier molecular flexibility index (Phi) is 46.0. The zero-order valence-corrected chi connectivity index (χ0v) is 49.2. The second kappa shape index (κ2) is 49.3. The monoisotopic (exact) mass is 1100 g/mol. The Morgan fingerprint density at radius 1 is 0.455 bits per heavy atom. The minimum atomic E-state index is -1.78. The van der Waals surface area contributed by atoms with Crippen LogP contribution in [-0.2, 0) is 23.7 Å². The van der Waals surface area contributed by atoms with Gasteiger partial charge in [0.25, 0.3) is 0 Å². The average Bonchev–Trinajstić information content (AvgIpc) is 3.44. The van der Waals surface area contributed by atoms with Crippen LogP contribution in [0.15, 0.2) is 12.2 Å². The summed E-state index contributed by atoms with van der Waals surface area (Å²) in [6.07, 6.45) is 41.2. The van der Waals surface area contributed by atoms with Crippen molar-refractivity contribution in [3.63, 3.8) is 0 Å². The predicted molar refractivity (Wildman–Crippen MR) is 309 cm³/mol. The van der Waals surface area contributed by atoms with E-state index in [9.17, 15) is 45.6 Å². The summed E-state index contributed by atoms with van der Waals surface area (Å²) < 4.78 is 22.8. The third kappa shape index (κ3) is 34.7. The molecule has 0 aromatic rings. The second-order valence-electron chi connectivity index (χ2n) is 23.2. The number of unbranched alkanes of at least 4 members (excludes halogenated alkanes) is 38. The van der Waals surface area contributed by atoms with Crippen molar-refractivity contribution in [2.45, 2.75) is 364 Å². The third-order valence-electron chi connectivity index (χ3n) is 16.2. The van der Waals surface area contributed by atoms with Crippen LogP contribution in [0, 0.1) is 0 Å². The minimum absolute atomic E-state index is 0.215. The molecule has 2 aliphatic heterocycles. The topological polar surface area (TPSA) is 228 Å². The fourth-order valence-corrected chi connectivity index (χ4v) is 11.0. The summed E-state index contributed by atoms with van der Waals surface area (Å²) >= 11 is 0. The Bertz CT molecular complexity index is 1340. The van der Waals surface area contributed by atoms with Gasteiger partial charge in [0.2, 0.25) is 5.91 Å². The first-order valence-electron chi connectivity index (χ1n) is 32.4. The number of carbonyl (C=O) groups is 1. The Morgan fingerprint density at radius 2 is 0.844 bits per heavy atom. The number of nitrogens with one attached hydrogen (secondary N) is 1. The van der Waals surface area contributed by atoms with Gasteiger partial charge < -0.3 is 65.1 Å². The highest BCUT2D eigenvalue weighted by Gasteiger charge is 2.51. The van der Waals surface area contributed by atoms with Crippen LogP contribution in [0.3, 0.4) is 0 Å². The SMILES string of the molecule is CCC/C=C\CCCCCCCC(=O)NC(COC1OC(CO)C(OC2OC(CO)C(O)C(O)C2O)C(O)C1O)C(O)CCCCCCCCCCCCCCCCCCCCCCCCCCCCCCCCCCC. The van der Waals surface area contributed by atoms with Gasteiger partial charge in [0.05, 0.1) is 32.0 Å². The van der Waals surface area contributed by atoms with Crippen molar-refractivity contribution >= 4 is 5.91 Å². The van der Waals surface area contributed by atoms with Crippen LogP contribution in [0.4, 0.5) is 0 Å². The lowest BCUT2D eigenvalue weighted by atomic mass is 9.97. The minimum Gasteiger partial charge on any atom is -0.394 e. The summed E-state index contributed by atoms with van der Waals surface area (Å²) in [6, 6.07) is -0.829. The molecule has 12 atom stereocenters. The number of aliphatic hydroxyl groups is 8. The van der Waals surface area contributed by atoms with Gasteiger partial charge >= 0.3 is 0 Å². The third-order valence-corrected chi connectivity index (χ3v) is 16.2. The molecule has 2 fully saturated rings. The molecule has 2 heterocycles. The summed E-state index contributed by atoms with van der Waals surface area (Å²) in [4.78, 5) is 13.2. The van der Waals surface area contributed by atoms with E-state index < -0.39 is 86.8 Å². The molecule has 77 heavy (non-hydrogen) atoms. The summed E-state index contributed by atoms with van der Waals surface area (Å²) in [6.45, 7) is 2.81. The first-order chi connectivity index (χ1) is 37.6. The van der Waals surface area contributed by atoms with E-state index in [2.05, 4.69) is 31.3 Å². The number of allylic oxidation sites excluding steroid dienone is 2. The lowest BCUT2D eigenvalue weighted by Gasteiger charge is -2.46. The lowest BCUT2D eigenvalue weighted by Crippen LogP contribution is -2.65. The molecule has 0 radical (unpaired) electrons. The quantitative estimate of drug-likeness (QED) is 0.0204. The largest absolute Gasteiger partial charge is 0.394 e. The van der Waals surface area contributed by atoms with Crippen LogP contribution in [0.2, 0.25) is 0 Å². The number of amides is 1. The van der Waals surface area contributed by atoms with E-state index in [0.29, 0.717) is 19.3 Å². The molecule has 12 unspecified atom stereocenters. The molecular weight excluding hydrogens is 979 g/mol. The molecule has 2 saturated heterocycles. The zero-order valence-electron chi connectivity index (χ0n) is 49.2. The van der Waals surface area contributed by atoms with Gasteiger partial charge in [-0.3, -0.25) is 4.79 Å². The normalized spacial score (nSPS) is 24.7. The predicted octanol–water partition coefficient (Wildman–Crippen LogP) is 11.8. The molecule has 0 saturated carbocycles. The fourth-order valence-electron chi connectivity index (χ4n) is 11.0. The maximum absolute atomic E-state index is 13.2. The van der Waals surface area contributed by atoms with Crippen LogP contribution in [0.25, 0.3) is 0 Å². The lowest BCUT2D eigenvalue weighted by molar-refractivity contribution is -0.359. The van der Waals surface area contributed by atoms with E-state index in [4.69, 9.17) is 18.9 Å². The number of rotatable bonds is 53. The van der Waals surface area contributed by atoms with Crippen molar-refractivity contribution in [3.05, 3.63) is 12.2 Å². The summed E-state index contributed by atoms with van der Waals surface area (Å²) in [5, 5.41) is 87.2. The Labute approximate surface area is 469 Å². The first-order valence-corrected chi connectivity index (χ1v) is 32.4. The Hall–Kier alpha value is -1.27. The first kappa shape index (κ1) is 71.8. The smallest absolute Gasteiger partial charge is 0.220 e. The van der Waals surface area contributed by atoms with Crippen molar-refractivity contribution in [3.8, 4) is 0 Å². The molecule has 14 nitrogen and oxygen atoms in total. The molecule has 14 heteroatoms. The van der Waals surface area contributed by atoms with Crippen molar-refractivity contribution in [1.29, 1.82) is 0 Å². The standard InChI is InChI=1S/C63H121NO13/c1-3-5-7-9-11-13-15-16-17-18-19-20-21-22-23-24-25-26-27-28-29-30-31-32-33-34-35-36-37-38-40-42-44-46-52(67)51(64-55(68)47-45-43-41-39-14-12-10-8-6-4-2)50-74-62-60(73)58(71)61(54(49-66)76-62)77-63-59(72)57(70)56(69)53(48-65)75-63/h8,10,51-54,56-63,65-67,69-73H,3-7,9,11-50H2,1-2H3,(H,64,68)/b10-8-. The van der Waals surface area contributed by atoms with Gasteiger partial charge in [-0.25, -0.2) is 0 Å². The van der Waals surface area contributed by atoms with Crippen molar-refractivity contribution < 1.29 is 64.6 Å². The van der Waals surface area contributed by atoms with E-state index in [-0.39, 0.29) is 12.5 Å². The number of carbonyl (C=O) groups excluding carboxylic acids is 1. The van der Waals surface area contributed by atoms with E-state index >= 15 is 0 Å². The number of ether oxygens (including phenoxy) is 4. The maximum atomic E-state index is 13.2. The molecule has 456 valence electrons. The summed E-state index contributed by atoms with van der Waals surface area (Å²) in [5.74, 6) is -0.215. The fraction of sp³-hybridized carbons (Fsp3) is 0.952. The molecule has 0 spiro atoms. The summed E-state index contributed by atoms with van der Waals surface area (Å²) in [7, 11) is 0. The zero-order chi connectivity index (χ0) is 56.0. The van der Waals surface area contributed by atoms with E-state index in [1.807, 2.05) is 0 Å². The molecule has 0 aliphatic carbocycles. The summed E-state index contributed by atoms with van der Waals surface area (Å²) in [5.41, 5.74) is 0. The van der Waals surface area contributed by atoms with Gasteiger partial charge in [0, 0.05) is 6.42 Å². The number of hydrogen-bond acceptors (Lipinski definition) is 13. The van der Waals surface area contributed by atoms with Gasteiger partial charge in [-0.15, -0.1) is 0 Å². The molecule has 0 aromatic carbocycles. The van der Waals surface area contributed by atoms with Gasteiger partial charge in [0.15, 0.2) is 12.6 Å². The van der Waals surface area contributed by atoms with Crippen LogP contribution < -0.4 is 5.32 Å². The number of hydrogen-bond donors (Lipinski definition) is 9. The highest BCUT2D eigenvalue weighted by molar-refractivity contribution is 5.76. The molecule has 2 aliphatic rings. The molecular formula is C63H121NO13. The highest BCUT2D eigenvalue weighted by atomic mass is 16.7. The molecule has 1 amide bonds. The Morgan fingerprint density at radius 3 is 1.29 bits per heavy atom. The van der Waals surface area contributed by atoms with Crippen LogP contribution >= 0.6 is 0 Å². The highest BCUT2D eigenvalue weighted by Crippen LogP contribution is 2.30. The van der Waals surface area contributed by atoms with Gasteiger partial charge in [0.1, 0.15) is 48.8 Å². The second-order valence-corrected chi connectivity index (χ2v) is 23.2. The van der Waals surface area contributed by atoms with Gasteiger partial charge in [-0.1, -0.05) is 264 Å². The average molecular weight is 1100 g/mol. The van der Waals surface area contributed by atoms with Gasteiger partial charge in [-0.05, 0) is 32.1 Å². The van der Waals surface area contributed by atoms with Crippen LogP contribution in [0.1, 0.15) is 290 Å². The van der Waals surface area contributed by atoms with E-state index in [0.717, 1.165) is 70.6 Å². The van der Waals surface area contributed by atoms with Crippen LogP contribution in [0.5, 0.6) is 0 Å². The molecule has 0 bridgehead atoms. The molecule has 0 aromatic heterocycles. The maximum Gasteiger partial charge on any atom is 0.220 e. The molecule has 9 N–H and O–H groups in total. The van der Waals surface area contributed by atoms with Crippen LogP contribution in [-0.4, -0.2) is 140 Å². The number of aliphatic hydroxyl groups excluding tert-OH is 8. The van der Waals surface area contributed by atoms with Gasteiger partial charge in [-0.2, -0.15) is 0 Å². The Balaban J connectivity index is 1.59. The van der Waals surface area contributed by atoms with Crippen molar-refractivity contribution in [1.82, 2.24) is 5.32 Å².